The Morgan fingerprint density at radius 2 is 0.929 bits per heavy atom. The van der Waals surface area contributed by atoms with Crippen LogP contribution in [0.25, 0.3) is 11.1 Å². The van der Waals surface area contributed by atoms with Crippen molar-refractivity contribution in [2.45, 2.75) is 13.1 Å². The Balaban J connectivity index is 2.48. The lowest BCUT2D eigenvalue weighted by Gasteiger charge is -2.22. The Morgan fingerprint density at radius 3 is 1.21 bits per heavy atom. The fourth-order valence-electron chi connectivity index (χ4n) is 3.85. The zero-order valence-corrected chi connectivity index (χ0v) is 17.5. The molecule has 0 amide bonds. The summed E-state index contributed by atoms with van der Waals surface area (Å²) >= 11 is 0. The first kappa shape index (κ1) is 19.9. The highest BCUT2D eigenvalue weighted by molar-refractivity contribution is 5.88. The van der Waals surface area contributed by atoms with Gasteiger partial charge in [0.05, 0.1) is 42.7 Å². The van der Waals surface area contributed by atoms with Crippen molar-refractivity contribution in [3.05, 3.63) is 23.3 Å². The molecule has 0 unspecified atom stereocenters. The Kier molecular flexibility index (Phi) is 5.74. The van der Waals surface area contributed by atoms with Gasteiger partial charge in [-0.15, -0.1) is 0 Å². The summed E-state index contributed by atoms with van der Waals surface area (Å²) < 4.78 is 33.9. The van der Waals surface area contributed by atoms with E-state index in [9.17, 15) is 0 Å². The van der Waals surface area contributed by atoms with E-state index in [2.05, 4.69) is 11.9 Å². The van der Waals surface area contributed by atoms with Gasteiger partial charge >= 0.3 is 0 Å². The standard InChI is InChI=1S/C21H27NO6/c1-22-10-12-8-14(23-2)18(25-4)20(27-6)16(12)17-13(11-22)9-15(24-3)19(26-5)21(17)28-7/h8-9H,10-11H2,1-7H3. The van der Waals surface area contributed by atoms with Gasteiger partial charge in [0, 0.05) is 24.2 Å². The Bertz CT molecular complexity index is 809. The van der Waals surface area contributed by atoms with Crippen LogP contribution in [-0.2, 0) is 13.1 Å². The molecular weight excluding hydrogens is 362 g/mol. The first-order valence-corrected chi connectivity index (χ1v) is 8.87. The highest BCUT2D eigenvalue weighted by atomic mass is 16.5. The lowest BCUT2D eigenvalue weighted by molar-refractivity contribution is 0.311. The molecule has 0 saturated carbocycles. The monoisotopic (exact) mass is 389 g/mol. The molecule has 3 rings (SSSR count). The average Bonchev–Trinajstić information content (AvgIpc) is 2.85. The quantitative estimate of drug-likeness (QED) is 0.751. The smallest absolute Gasteiger partial charge is 0.203 e. The molecule has 0 spiro atoms. The highest BCUT2D eigenvalue weighted by Crippen LogP contribution is 2.55. The third-order valence-electron chi connectivity index (χ3n) is 4.95. The minimum absolute atomic E-state index is 0.538. The van der Waals surface area contributed by atoms with Gasteiger partial charge in [-0.3, -0.25) is 4.90 Å². The molecule has 0 N–H and O–H groups in total. The van der Waals surface area contributed by atoms with Crippen LogP contribution in [0.2, 0.25) is 0 Å². The molecule has 7 heteroatoms. The summed E-state index contributed by atoms with van der Waals surface area (Å²) in [5, 5.41) is 0. The second-order valence-electron chi connectivity index (χ2n) is 6.53. The predicted octanol–water partition coefficient (Wildman–Crippen LogP) is 3.35. The molecule has 0 radical (unpaired) electrons. The summed E-state index contributed by atoms with van der Waals surface area (Å²) in [5.41, 5.74) is 3.89. The third kappa shape index (κ3) is 3.05. The molecule has 0 bridgehead atoms. The van der Waals surface area contributed by atoms with Gasteiger partial charge in [-0.25, -0.2) is 0 Å². The number of ether oxygens (including phenoxy) is 6. The first-order chi connectivity index (χ1) is 13.5. The van der Waals surface area contributed by atoms with E-state index in [4.69, 9.17) is 28.4 Å². The number of fused-ring (bicyclic) bond motifs is 3. The van der Waals surface area contributed by atoms with Crippen LogP contribution in [0.3, 0.4) is 0 Å². The molecule has 2 aromatic carbocycles. The maximum absolute atomic E-state index is 5.80. The number of methoxy groups -OCH3 is 6. The van der Waals surface area contributed by atoms with E-state index in [0.29, 0.717) is 47.6 Å². The van der Waals surface area contributed by atoms with Gasteiger partial charge in [0.15, 0.2) is 23.0 Å². The maximum Gasteiger partial charge on any atom is 0.203 e. The van der Waals surface area contributed by atoms with Crippen LogP contribution in [0.4, 0.5) is 0 Å². The van der Waals surface area contributed by atoms with Crippen molar-refractivity contribution < 1.29 is 28.4 Å². The Hall–Kier alpha value is -2.80. The van der Waals surface area contributed by atoms with Crippen molar-refractivity contribution in [3.8, 4) is 45.6 Å². The number of hydrogen-bond acceptors (Lipinski definition) is 7. The summed E-state index contributed by atoms with van der Waals surface area (Å²) in [6.07, 6.45) is 0. The minimum Gasteiger partial charge on any atom is -0.493 e. The van der Waals surface area contributed by atoms with Crippen LogP contribution in [0.5, 0.6) is 34.5 Å². The Morgan fingerprint density at radius 1 is 0.571 bits per heavy atom. The topological polar surface area (TPSA) is 58.6 Å². The molecular formula is C21H27NO6. The number of rotatable bonds is 6. The van der Waals surface area contributed by atoms with Crippen LogP contribution >= 0.6 is 0 Å². The molecule has 0 aromatic heterocycles. The lowest BCUT2D eigenvalue weighted by Crippen LogP contribution is -2.15. The molecule has 0 fully saturated rings. The molecule has 1 aliphatic rings. The van der Waals surface area contributed by atoms with Crippen LogP contribution in [0, 0.1) is 0 Å². The molecule has 1 heterocycles. The van der Waals surface area contributed by atoms with Crippen molar-refractivity contribution in [1.82, 2.24) is 4.90 Å². The predicted molar refractivity (Wildman–Crippen MR) is 106 cm³/mol. The van der Waals surface area contributed by atoms with Gasteiger partial charge < -0.3 is 28.4 Å². The van der Waals surface area contributed by atoms with Gasteiger partial charge in [-0.2, -0.15) is 0 Å². The number of nitrogens with zero attached hydrogens (tertiary/aromatic N) is 1. The second-order valence-corrected chi connectivity index (χ2v) is 6.53. The van der Waals surface area contributed by atoms with E-state index < -0.39 is 0 Å². The van der Waals surface area contributed by atoms with E-state index in [0.717, 1.165) is 22.3 Å². The molecule has 1 aliphatic heterocycles. The van der Waals surface area contributed by atoms with E-state index in [1.54, 1.807) is 42.7 Å². The number of hydrogen-bond donors (Lipinski definition) is 0. The van der Waals surface area contributed by atoms with Gasteiger partial charge in [0.25, 0.3) is 0 Å². The first-order valence-electron chi connectivity index (χ1n) is 8.87. The van der Waals surface area contributed by atoms with E-state index >= 15 is 0 Å². The van der Waals surface area contributed by atoms with Gasteiger partial charge in [-0.1, -0.05) is 0 Å². The summed E-state index contributed by atoms with van der Waals surface area (Å²) in [6.45, 7) is 1.41. The van der Waals surface area contributed by atoms with E-state index in [-0.39, 0.29) is 0 Å². The highest BCUT2D eigenvalue weighted by Gasteiger charge is 2.31. The summed E-state index contributed by atoms with van der Waals surface area (Å²) in [4.78, 5) is 2.21. The lowest BCUT2D eigenvalue weighted by atomic mass is 9.93. The normalized spacial score (nSPS) is 13.1. The largest absolute Gasteiger partial charge is 0.493 e. The van der Waals surface area contributed by atoms with E-state index in [1.807, 2.05) is 12.1 Å². The molecule has 2 aromatic rings. The molecule has 7 nitrogen and oxygen atoms in total. The van der Waals surface area contributed by atoms with E-state index in [1.165, 1.54) is 0 Å². The van der Waals surface area contributed by atoms with Crippen molar-refractivity contribution in [2.75, 3.05) is 49.7 Å². The number of benzene rings is 2. The summed E-state index contributed by atoms with van der Waals surface area (Å²) in [6, 6.07) is 3.97. The minimum atomic E-state index is 0.538. The fraction of sp³-hybridized carbons (Fsp3) is 0.429. The second kappa shape index (κ2) is 8.06. The van der Waals surface area contributed by atoms with Crippen molar-refractivity contribution in [3.63, 3.8) is 0 Å². The summed E-state index contributed by atoms with van der Waals surface area (Å²) in [5.74, 6) is 3.51. The zero-order valence-electron chi connectivity index (χ0n) is 17.5. The van der Waals surface area contributed by atoms with Gasteiger partial charge in [-0.05, 0) is 30.3 Å². The van der Waals surface area contributed by atoms with Crippen LogP contribution < -0.4 is 28.4 Å². The molecule has 0 aliphatic carbocycles. The van der Waals surface area contributed by atoms with Crippen molar-refractivity contribution in [1.29, 1.82) is 0 Å². The third-order valence-corrected chi connectivity index (χ3v) is 4.95. The SMILES string of the molecule is COc1cc2c(c(OC)c1OC)-c1c(cc(OC)c(OC)c1OC)CN(C)C2. The zero-order chi connectivity index (χ0) is 20.4. The Labute approximate surface area is 165 Å². The van der Waals surface area contributed by atoms with Gasteiger partial charge in [0.1, 0.15) is 0 Å². The van der Waals surface area contributed by atoms with Crippen LogP contribution in [0.15, 0.2) is 12.1 Å². The molecule has 28 heavy (non-hydrogen) atoms. The maximum atomic E-state index is 5.80. The molecule has 0 saturated heterocycles. The average molecular weight is 389 g/mol. The fourth-order valence-corrected chi connectivity index (χ4v) is 3.85. The summed E-state index contributed by atoms with van der Waals surface area (Å²) in [7, 11) is 11.7. The van der Waals surface area contributed by atoms with Crippen LogP contribution in [-0.4, -0.2) is 54.6 Å². The van der Waals surface area contributed by atoms with Gasteiger partial charge in [0.2, 0.25) is 11.5 Å². The van der Waals surface area contributed by atoms with Crippen molar-refractivity contribution in [2.24, 2.45) is 0 Å². The molecule has 152 valence electrons. The van der Waals surface area contributed by atoms with Crippen molar-refractivity contribution >= 4 is 0 Å². The van der Waals surface area contributed by atoms with Crippen LogP contribution in [0.1, 0.15) is 11.1 Å². The molecule has 0 atom stereocenters.